The first-order chi connectivity index (χ1) is 8.38. The molecule has 1 rings (SSSR count). The molecule has 0 aliphatic rings. The Bertz CT molecular complexity index is 474. The average molecular weight is 257 g/mol. The number of non-ortho nitro benzene ring substituents is 1. The topological polar surface area (TPSA) is 60.2 Å². The van der Waals surface area contributed by atoms with Gasteiger partial charge in [-0.15, -0.1) is 0 Å². The Morgan fingerprint density at radius 1 is 1.39 bits per heavy atom. The van der Waals surface area contributed by atoms with E-state index in [-0.39, 0.29) is 17.8 Å². The fourth-order valence-corrected chi connectivity index (χ4v) is 1.74. The third kappa shape index (κ3) is 2.88. The summed E-state index contributed by atoms with van der Waals surface area (Å²) in [6.45, 7) is 3.17. The van der Waals surface area contributed by atoms with E-state index in [1.54, 1.807) is 6.92 Å². The van der Waals surface area contributed by atoms with Crippen LogP contribution in [0.5, 0.6) is 0 Å². The van der Waals surface area contributed by atoms with E-state index in [1.807, 2.05) is 0 Å². The highest BCUT2D eigenvalue weighted by atomic mass is 19.3. The Kier molecular flexibility index (Phi) is 4.47. The molecular formula is C12H13F2NO3. The van der Waals surface area contributed by atoms with E-state index in [0.717, 1.165) is 12.1 Å². The van der Waals surface area contributed by atoms with Crippen LogP contribution in [0.15, 0.2) is 18.2 Å². The first kappa shape index (κ1) is 14.2. The van der Waals surface area contributed by atoms with Crippen LogP contribution in [0.1, 0.15) is 43.7 Å². The van der Waals surface area contributed by atoms with Gasteiger partial charge in [0, 0.05) is 30.0 Å². The van der Waals surface area contributed by atoms with Gasteiger partial charge in [0.15, 0.2) is 0 Å². The van der Waals surface area contributed by atoms with Crippen molar-refractivity contribution in [2.24, 2.45) is 0 Å². The zero-order valence-electron chi connectivity index (χ0n) is 10.0. The number of rotatable bonds is 5. The van der Waals surface area contributed by atoms with Crippen LogP contribution in [-0.4, -0.2) is 10.7 Å². The monoisotopic (exact) mass is 257 g/mol. The molecule has 0 bridgehead atoms. The molecule has 0 saturated carbocycles. The summed E-state index contributed by atoms with van der Waals surface area (Å²) in [5.41, 5.74) is -0.689. The van der Waals surface area contributed by atoms with Gasteiger partial charge >= 0.3 is 0 Å². The van der Waals surface area contributed by atoms with Crippen molar-refractivity contribution in [1.82, 2.24) is 0 Å². The molecule has 0 saturated heterocycles. The fourth-order valence-electron chi connectivity index (χ4n) is 1.74. The number of ketones is 1. The number of benzene rings is 1. The SMILES string of the molecule is CCC(=O)C(C)c1ccc([N+](=O)[O-])cc1C(F)F. The first-order valence-electron chi connectivity index (χ1n) is 5.47. The second-order valence-corrected chi connectivity index (χ2v) is 3.91. The van der Waals surface area contributed by atoms with Gasteiger partial charge in [-0.05, 0) is 5.56 Å². The molecule has 4 nitrogen and oxygen atoms in total. The number of nitrogens with zero attached hydrogens (tertiary/aromatic N) is 1. The number of hydrogen-bond donors (Lipinski definition) is 0. The van der Waals surface area contributed by atoms with Crippen LogP contribution in [0.2, 0.25) is 0 Å². The molecule has 1 atom stereocenters. The summed E-state index contributed by atoms with van der Waals surface area (Å²) in [6, 6.07) is 3.21. The second kappa shape index (κ2) is 5.66. The lowest BCUT2D eigenvalue weighted by Gasteiger charge is -2.14. The molecule has 0 N–H and O–H groups in total. The molecule has 18 heavy (non-hydrogen) atoms. The molecule has 0 amide bonds. The van der Waals surface area contributed by atoms with Crippen molar-refractivity contribution in [3.8, 4) is 0 Å². The Morgan fingerprint density at radius 3 is 2.44 bits per heavy atom. The summed E-state index contributed by atoms with van der Waals surface area (Å²) in [4.78, 5) is 21.3. The van der Waals surface area contributed by atoms with Crippen molar-refractivity contribution >= 4 is 11.5 Å². The number of nitro benzene ring substituents is 1. The molecule has 0 heterocycles. The molecular weight excluding hydrogens is 244 g/mol. The van der Waals surface area contributed by atoms with E-state index in [0.29, 0.717) is 0 Å². The van der Waals surface area contributed by atoms with Crippen LogP contribution in [-0.2, 0) is 4.79 Å². The minimum Gasteiger partial charge on any atom is -0.299 e. The van der Waals surface area contributed by atoms with Gasteiger partial charge in [-0.3, -0.25) is 14.9 Å². The molecule has 1 aromatic carbocycles. The Labute approximate surface area is 103 Å². The van der Waals surface area contributed by atoms with Crippen molar-refractivity contribution < 1.29 is 18.5 Å². The molecule has 0 aliphatic carbocycles. The summed E-state index contributed by atoms with van der Waals surface area (Å²) in [6.07, 6.45) is -2.60. The molecule has 0 spiro atoms. The highest BCUT2D eigenvalue weighted by Gasteiger charge is 2.23. The van der Waals surface area contributed by atoms with Crippen molar-refractivity contribution in [1.29, 1.82) is 0 Å². The maximum Gasteiger partial charge on any atom is 0.269 e. The lowest BCUT2D eigenvalue weighted by atomic mass is 9.91. The molecule has 98 valence electrons. The fraction of sp³-hybridized carbons (Fsp3) is 0.417. The molecule has 0 fully saturated rings. The van der Waals surface area contributed by atoms with E-state index in [9.17, 15) is 23.7 Å². The number of halogens is 2. The summed E-state index contributed by atoms with van der Waals surface area (Å²) in [5, 5.41) is 10.5. The van der Waals surface area contributed by atoms with Crippen molar-refractivity contribution in [2.45, 2.75) is 32.6 Å². The van der Waals surface area contributed by atoms with Crippen LogP contribution in [0.3, 0.4) is 0 Å². The third-order valence-corrected chi connectivity index (χ3v) is 2.81. The number of alkyl halides is 2. The smallest absolute Gasteiger partial charge is 0.269 e. The predicted molar refractivity (Wildman–Crippen MR) is 61.8 cm³/mol. The van der Waals surface area contributed by atoms with E-state index in [1.165, 1.54) is 13.0 Å². The van der Waals surface area contributed by atoms with Gasteiger partial charge in [0.25, 0.3) is 12.1 Å². The van der Waals surface area contributed by atoms with Gasteiger partial charge in [0.05, 0.1) is 4.92 Å². The number of hydrogen-bond acceptors (Lipinski definition) is 3. The predicted octanol–water partition coefficient (Wildman–Crippen LogP) is 3.62. The third-order valence-electron chi connectivity index (χ3n) is 2.81. The summed E-state index contributed by atoms with van der Waals surface area (Å²) >= 11 is 0. The van der Waals surface area contributed by atoms with E-state index >= 15 is 0 Å². The quantitative estimate of drug-likeness (QED) is 0.598. The van der Waals surface area contributed by atoms with Crippen LogP contribution >= 0.6 is 0 Å². The van der Waals surface area contributed by atoms with Crippen LogP contribution in [0.25, 0.3) is 0 Å². The minimum atomic E-state index is -2.84. The van der Waals surface area contributed by atoms with Crippen LogP contribution in [0.4, 0.5) is 14.5 Å². The standard InChI is InChI=1S/C12H13F2NO3/c1-3-11(16)7(2)9-5-4-8(15(17)18)6-10(9)12(13)14/h4-7,12H,3H2,1-2H3. The van der Waals surface area contributed by atoms with E-state index in [4.69, 9.17) is 0 Å². The number of nitro groups is 1. The molecule has 0 aliphatic heterocycles. The molecule has 6 heteroatoms. The largest absolute Gasteiger partial charge is 0.299 e. The zero-order valence-corrected chi connectivity index (χ0v) is 10.0. The van der Waals surface area contributed by atoms with Gasteiger partial charge in [-0.2, -0.15) is 0 Å². The highest BCUT2D eigenvalue weighted by Crippen LogP contribution is 2.32. The highest BCUT2D eigenvalue weighted by molar-refractivity contribution is 5.85. The Balaban J connectivity index is 3.27. The number of carbonyl (C=O) groups is 1. The summed E-state index contributed by atoms with van der Waals surface area (Å²) in [5.74, 6) is -0.856. The summed E-state index contributed by atoms with van der Waals surface area (Å²) in [7, 11) is 0. The second-order valence-electron chi connectivity index (χ2n) is 3.91. The van der Waals surface area contributed by atoms with Crippen molar-refractivity contribution in [3.63, 3.8) is 0 Å². The average Bonchev–Trinajstić information content (AvgIpc) is 2.35. The minimum absolute atomic E-state index is 0.155. The van der Waals surface area contributed by atoms with Gasteiger partial charge in [0.2, 0.25) is 0 Å². The Morgan fingerprint density at radius 2 is 2.00 bits per heavy atom. The van der Waals surface area contributed by atoms with Gasteiger partial charge < -0.3 is 0 Å². The molecule has 1 unspecified atom stereocenters. The normalized spacial score (nSPS) is 12.5. The number of carbonyl (C=O) groups excluding carboxylic acids is 1. The Hall–Kier alpha value is -1.85. The van der Waals surface area contributed by atoms with Gasteiger partial charge in [-0.1, -0.05) is 19.9 Å². The molecule has 0 aromatic heterocycles. The maximum atomic E-state index is 12.9. The first-order valence-corrected chi connectivity index (χ1v) is 5.47. The zero-order chi connectivity index (χ0) is 13.9. The lowest BCUT2D eigenvalue weighted by Crippen LogP contribution is -2.10. The van der Waals surface area contributed by atoms with Gasteiger partial charge in [-0.25, -0.2) is 8.78 Å². The van der Waals surface area contributed by atoms with Gasteiger partial charge in [0.1, 0.15) is 5.78 Å². The maximum absolute atomic E-state index is 12.9. The summed E-state index contributed by atoms with van der Waals surface area (Å²) < 4.78 is 25.7. The lowest BCUT2D eigenvalue weighted by molar-refractivity contribution is -0.385. The van der Waals surface area contributed by atoms with Crippen LogP contribution < -0.4 is 0 Å². The van der Waals surface area contributed by atoms with Crippen LogP contribution in [0, 0.1) is 10.1 Å². The number of Topliss-reactive ketones (excluding diaryl/α,β-unsaturated/α-hetero) is 1. The van der Waals surface area contributed by atoms with Crippen molar-refractivity contribution in [3.05, 3.63) is 39.4 Å². The van der Waals surface area contributed by atoms with Crippen molar-refractivity contribution in [2.75, 3.05) is 0 Å². The van der Waals surface area contributed by atoms with E-state index in [2.05, 4.69) is 0 Å². The molecule has 1 aromatic rings. The molecule has 0 radical (unpaired) electrons. The van der Waals surface area contributed by atoms with E-state index < -0.39 is 28.5 Å².